The van der Waals surface area contributed by atoms with Crippen LogP contribution in [-0.2, 0) is 11.3 Å². The van der Waals surface area contributed by atoms with Crippen molar-refractivity contribution in [3.05, 3.63) is 29.8 Å². The summed E-state index contributed by atoms with van der Waals surface area (Å²) in [6, 6.07) is 7.24. The minimum Gasteiger partial charge on any atom is -0.434 e. The Morgan fingerprint density at radius 3 is 2.70 bits per heavy atom. The number of para-hydroxylation sites is 1. The predicted molar refractivity (Wildman–Crippen MR) is 72.9 cm³/mol. The Morgan fingerprint density at radius 2 is 2.00 bits per heavy atom. The molecular formula is C15H21F2NO2. The molecule has 1 heterocycles. The molecule has 0 bridgehead atoms. The summed E-state index contributed by atoms with van der Waals surface area (Å²) in [4.78, 5) is 0. The van der Waals surface area contributed by atoms with Gasteiger partial charge in [0.05, 0.1) is 0 Å². The molecule has 5 heteroatoms. The molecule has 0 radical (unpaired) electrons. The molecule has 1 saturated heterocycles. The molecule has 0 aliphatic carbocycles. The van der Waals surface area contributed by atoms with E-state index in [1.54, 1.807) is 18.2 Å². The van der Waals surface area contributed by atoms with E-state index in [9.17, 15) is 8.78 Å². The lowest BCUT2D eigenvalue weighted by Gasteiger charge is -2.28. The number of rotatable bonds is 6. The van der Waals surface area contributed by atoms with E-state index in [0.29, 0.717) is 18.5 Å². The van der Waals surface area contributed by atoms with Crippen molar-refractivity contribution in [2.24, 2.45) is 5.92 Å². The summed E-state index contributed by atoms with van der Waals surface area (Å²) in [5, 5.41) is 3.40. The van der Waals surface area contributed by atoms with Gasteiger partial charge in [-0.1, -0.05) is 18.2 Å². The molecule has 112 valence electrons. The third-order valence-electron chi connectivity index (χ3n) is 3.78. The van der Waals surface area contributed by atoms with Crippen molar-refractivity contribution < 1.29 is 18.3 Å². The second-order valence-corrected chi connectivity index (χ2v) is 5.11. The van der Waals surface area contributed by atoms with Gasteiger partial charge in [-0.25, -0.2) is 0 Å². The van der Waals surface area contributed by atoms with E-state index in [1.807, 2.05) is 6.07 Å². The van der Waals surface area contributed by atoms with Crippen LogP contribution in [0.5, 0.6) is 5.75 Å². The molecule has 0 aromatic heterocycles. The Morgan fingerprint density at radius 1 is 1.30 bits per heavy atom. The van der Waals surface area contributed by atoms with Crippen molar-refractivity contribution in [2.75, 3.05) is 13.2 Å². The van der Waals surface area contributed by atoms with Crippen LogP contribution in [0.25, 0.3) is 0 Å². The van der Waals surface area contributed by atoms with Crippen LogP contribution in [-0.4, -0.2) is 25.9 Å². The molecule has 1 aromatic carbocycles. The third kappa shape index (κ3) is 4.42. The Kier molecular flexibility index (Phi) is 5.73. The zero-order valence-electron chi connectivity index (χ0n) is 11.6. The lowest BCUT2D eigenvalue weighted by molar-refractivity contribution is -0.0505. The maximum Gasteiger partial charge on any atom is 0.387 e. The normalized spacial score (nSPS) is 18.2. The highest BCUT2D eigenvalue weighted by Crippen LogP contribution is 2.22. The van der Waals surface area contributed by atoms with Crippen LogP contribution < -0.4 is 10.1 Å². The van der Waals surface area contributed by atoms with Gasteiger partial charge in [-0.3, -0.25) is 0 Å². The first kappa shape index (κ1) is 15.2. The van der Waals surface area contributed by atoms with Gasteiger partial charge in [0.1, 0.15) is 5.75 Å². The Balaban J connectivity index is 1.89. The first-order chi connectivity index (χ1) is 9.66. The number of halogens is 2. The number of hydrogen-bond donors (Lipinski definition) is 1. The minimum absolute atomic E-state index is 0.245. The number of alkyl halides is 2. The summed E-state index contributed by atoms with van der Waals surface area (Å²) in [6.45, 7) is 1.49. The first-order valence-electron chi connectivity index (χ1n) is 7.00. The summed E-state index contributed by atoms with van der Waals surface area (Å²) in [7, 11) is 0. The van der Waals surface area contributed by atoms with E-state index in [-0.39, 0.29) is 5.75 Å². The van der Waals surface area contributed by atoms with Crippen LogP contribution >= 0.6 is 0 Å². The highest BCUT2D eigenvalue weighted by molar-refractivity contribution is 5.33. The zero-order valence-corrected chi connectivity index (χ0v) is 11.6. The van der Waals surface area contributed by atoms with Gasteiger partial charge in [0.25, 0.3) is 0 Å². The summed E-state index contributed by atoms with van der Waals surface area (Å²) in [5.41, 5.74) is 0.756. The van der Waals surface area contributed by atoms with Gasteiger partial charge in [0, 0.05) is 31.4 Å². The maximum atomic E-state index is 12.3. The van der Waals surface area contributed by atoms with E-state index in [1.165, 1.54) is 0 Å². The molecule has 0 amide bonds. The molecule has 1 aromatic rings. The average molecular weight is 285 g/mol. The second kappa shape index (κ2) is 7.55. The first-order valence-corrected chi connectivity index (χ1v) is 7.00. The Hall–Kier alpha value is -1.20. The number of ether oxygens (including phenoxy) is 2. The number of nitrogens with one attached hydrogen (secondary N) is 1. The SMILES string of the molecule is CC(NCc1ccccc1OC(F)F)C1CCOCC1. The average Bonchev–Trinajstić information content (AvgIpc) is 2.46. The zero-order chi connectivity index (χ0) is 14.4. The number of benzene rings is 1. The van der Waals surface area contributed by atoms with Crippen molar-refractivity contribution in [3.63, 3.8) is 0 Å². The van der Waals surface area contributed by atoms with Crippen LogP contribution in [0.1, 0.15) is 25.3 Å². The fourth-order valence-corrected chi connectivity index (χ4v) is 2.51. The quantitative estimate of drug-likeness (QED) is 0.870. The van der Waals surface area contributed by atoms with E-state index in [2.05, 4.69) is 17.0 Å². The van der Waals surface area contributed by atoms with Crippen molar-refractivity contribution in [1.29, 1.82) is 0 Å². The van der Waals surface area contributed by atoms with E-state index >= 15 is 0 Å². The van der Waals surface area contributed by atoms with E-state index in [0.717, 1.165) is 31.6 Å². The molecule has 1 aliphatic rings. The standard InChI is InChI=1S/C15H21F2NO2/c1-11(12-6-8-19-9-7-12)18-10-13-4-2-3-5-14(13)20-15(16)17/h2-5,11-12,15,18H,6-10H2,1H3. The summed E-state index contributed by atoms with van der Waals surface area (Å²) >= 11 is 0. The molecule has 20 heavy (non-hydrogen) atoms. The molecule has 1 aliphatic heterocycles. The van der Waals surface area contributed by atoms with Gasteiger partial charge in [0.15, 0.2) is 0 Å². The van der Waals surface area contributed by atoms with Gasteiger partial charge in [-0.2, -0.15) is 8.78 Å². The number of hydrogen-bond acceptors (Lipinski definition) is 3. The van der Waals surface area contributed by atoms with Crippen molar-refractivity contribution in [1.82, 2.24) is 5.32 Å². The molecule has 0 saturated carbocycles. The van der Waals surface area contributed by atoms with Crippen LogP contribution in [0.3, 0.4) is 0 Å². The van der Waals surface area contributed by atoms with Gasteiger partial charge in [-0.15, -0.1) is 0 Å². The summed E-state index contributed by atoms with van der Waals surface area (Å²) < 4.78 is 34.5. The lowest BCUT2D eigenvalue weighted by Crippen LogP contribution is -2.36. The smallest absolute Gasteiger partial charge is 0.387 e. The molecule has 1 atom stereocenters. The predicted octanol–water partition coefficient (Wildman–Crippen LogP) is 3.19. The van der Waals surface area contributed by atoms with Crippen LogP contribution in [0.15, 0.2) is 24.3 Å². The van der Waals surface area contributed by atoms with Crippen molar-refractivity contribution in [2.45, 2.75) is 39.0 Å². The van der Waals surface area contributed by atoms with Crippen LogP contribution in [0, 0.1) is 5.92 Å². The summed E-state index contributed by atoms with van der Waals surface area (Å²) in [5.74, 6) is 0.820. The van der Waals surface area contributed by atoms with Gasteiger partial charge in [-0.05, 0) is 31.7 Å². The third-order valence-corrected chi connectivity index (χ3v) is 3.78. The second-order valence-electron chi connectivity index (χ2n) is 5.11. The highest BCUT2D eigenvalue weighted by Gasteiger charge is 2.20. The van der Waals surface area contributed by atoms with E-state index < -0.39 is 6.61 Å². The largest absolute Gasteiger partial charge is 0.434 e. The molecular weight excluding hydrogens is 264 g/mol. The Bertz CT molecular complexity index is 409. The highest BCUT2D eigenvalue weighted by atomic mass is 19.3. The van der Waals surface area contributed by atoms with Crippen LogP contribution in [0.4, 0.5) is 8.78 Å². The monoisotopic (exact) mass is 285 g/mol. The molecule has 1 unspecified atom stereocenters. The minimum atomic E-state index is -2.79. The topological polar surface area (TPSA) is 30.5 Å². The maximum absolute atomic E-state index is 12.3. The summed E-state index contributed by atoms with van der Waals surface area (Å²) in [6.07, 6.45) is 2.09. The van der Waals surface area contributed by atoms with Gasteiger partial charge < -0.3 is 14.8 Å². The molecule has 1 N–H and O–H groups in total. The van der Waals surface area contributed by atoms with E-state index in [4.69, 9.17) is 4.74 Å². The molecule has 2 rings (SSSR count). The van der Waals surface area contributed by atoms with Crippen molar-refractivity contribution >= 4 is 0 Å². The fraction of sp³-hybridized carbons (Fsp3) is 0.600. The molecule has 0 spiro atoms. The van der Waals surface area contributed by atoms with Crippen LogP contribution in [0.2, 0.25) is 0 Å². The molecule has 3 nitrogen and oxygen atoms in total. The van der Waals surface area contributed by atoms with Gasteiger partial charge >= 0.3 is 6.61 Å². The van der Waals surface area contributed by atoms with Crippen molar-refractivity contribution in [3.8, 4) is 5.75 Å². The van der Waals surface area contributed by atoms with Gasteiger partial charge in [0.2, 0.25) is 0 Å². The fourth-order valence-electron chi connectivity index (χ4n) is 2.51. The lowest BCUT2D eigenvalue weighted by atomic mass is 9.93. The Labute approximate surface area is 118 Å². The molecule has 1 fully saturated rings.